The summed E-state index contributed by atoms with van der Waals surface area (Å²) in [6.45, 7) is 5.47. The monoisotopic (exact) mass is 316 g/mol. The van der Waals surface area contributed by atoms with Crippen molar-refractivity contribution in [3.8, 4) is 0 Å². The highest BCUT2D eigenvalue weighted by Gasteiger charge is 2.09. The molecule has 2 rings (SSSR count). The summed E-state index contributed by atoms with van der Waals surface area (Å²) in [7, 11) is 0. The Morgan fingerprint density at radius 3 is 2.35 bits per heavy atom. The topological polar surface area (TPSA) is 42.7 Å². The van der Waals surface area contributed by atoms with Crippen LogP contribution in [0, 0.1) is 0 Å². The van der Waals surface area contributed by atoms with Crippen LogP contribution in [0.15, 0.2) is 24.3 Å². The van der Waals surface area contributed by atoms with E-state index in [1.807, 2.05) is 22.9 Å². The lowest BCUT2D eigenvalue weighted by Gasteiger charge is -2.14. The molecule has 0 saturated heterocycles. The fourth-order valence-electron chi connectivity index (χ4n) is 3.01. The van der Waals surface area contributed by atoms with E-state index < -0.39 is 0 Å². The van der Waals surface area contributed by atoms with E-state index in [1.165, 1.54) is 57.8 Å². The molecule has 1 unspecified atom stereocenters. The second-order valence-corrected chi connectivity index (χ2v) is 6.48. The molecule has 0 aliphatic heterocycles. The molecule has 0 aliphatic rings. The lowest BCUT2D eigenvalue weighted by atomic mass is 10.1. The summed E-state index contributed by atoms with van der Waals surface area (Å²) < 4.78 is 1.98. The standard InChI is InChI=1S/C19H32N4/c1-3-4-5-6-7-8-9-10-13-16-20-17(2)23-19-15-12-11-14-18(19)21-22-23/h11-12,14-15,17,20H,3-10,13,16H2,1-2H3. The van der Waals surface area contributed by atoms with E-state index in [0.717, 1.165) is 17.6 Å². The van der Waals surface area contributed by atoms with Crippen LogP contribution in [0.1, 0.15) is 77.8 Å². The Hall–Kier alpha value is -1.42. The summed E-state index contributed by atoms with van der Waals surface area (Å²) in [5, 5.41) is 12.0. The van der Waals surface area contributed by atoms with E-state index in [4.69, 9.17) is 0 Å². The van der Waals surface area contributed by atoms with Crippen LogP contribution in [-0.4, -0.2) is 21.5 Å². The van der Waals surface area contributed by atoms with Crippen molar-refractivity contribution in [2.24, 2.45) is 0 Å². The minimum Gasteiger partial charge on any atom is -0.296 e. The van der Waals surface area contributed by atoms with Gasteiger partial charge in [0.1, 0.15) is 11.7 Å². The van der Waals surface area contributed by atoms with E-state index >= 15 is 0 Å². The van der Waals surface area contributed by atoms with Crippen molar-refractivity contribution < 1.29 is 0 Å². The molecule has 0 bridgehead atoms. The van der Waals surface area contributed by atoms with Gasteiger partial charge in [-0.25, -0.2) is 4.68 Å². The first-order chi connectivity index (χ1) is 11.3. The molecule has 128 valence electrons. The molecule has 1 heterocycles. The normalized spacial score (nSPS) is 12.8. The molecule has 0 spiro atoms. The average Bonchev–Trinajstić information content (AvgIpc) is 3.00. The van der Waals surface area contributed by atoms with Gasteiger partial charge < -0.3 is 0 Å². The van der Waals surface area contributed by atoms with Gasteiger partial charge in [-0.3, -0.25) is 5.32 Å². The van der Waals surface area contributed by atoms with Gasteiger partial charge in [-0.2, -0.15) is 0 Å². The SMILES string of the molecule is CCCCCCCCCCCNC(C)n1nnc2ccccc21. The van der Waals surface area contributed by atoms with Crippen molar-refractivity contribution in [2.45, 2.75) is 77.8 Å². The van der Waals surface area contributed by atoms with Crippen molar-refractivity contribution in [2.75, 3.05) is 6.54 Å². The van der Waals surface area contributed by atoms with Gasteiger partial charge in [-0.15, -0.1) is 5.10 Å². The number of nitrogens with one attached hydrogen (secondary N) is 1. The third kappa shape index (κ3) is 5.94. The molecule has 0 fully saturated rings. The first-order valence-corrected chi connectivity index (χ1v) is 9.36. The Morgan fingerprint density at radius 2 is 1.61 bits per heavy atom. The fraction of sp³-hybridized carbons (Fsp3) is 0.684. The van der Waals surface area contributed by atoms with Crippen LogP contribution < -0.4 is 5.32 Å². The smallest absolute Gasteiger partial charge is 0.113 e. The third-order valence-electron chi connectivity index (χ3n) is 4.46. The van der Waals surface area contributed by atoms with Crippen LogP contribution in [0.5, 0.6) is 0 Å². The quantitative estimate of drug-likeness (QED) is 0.556. The molecule has 1 N–H and O–H groups in total. The molecule has 0 amide bonds. The van der Waals surface area contributed by atoms with Gasteiger partial charge in [0.05, 0.1) is 5.52 Å². The van der Waals surface area contributed by atoms with E-state index in [1.54, 1.807) is 0 Å². The summed E-state index contributed by atoms with van der Waals surface area (Å²) in [5.74, 6) is 0. The maximum absolute atomic E-state index is 4.26. The summed E-state index contributed by atoms with van der Waals surface area (Å²) in [6, 6.07) is 8.12. The fourth-order valence-corrected chi connectivity index (χ4v) is 3.01. The Morgan fingerprint density at radius 1 is 0.957 bits per heavy atom. The average molecular weight is 316 g/mol. The van der Waals surface area contributed by atoms with Crippen molar-refractivity contribution in [1.29, 1.82) is 0 Å². The molecule has 4 nitrogen and oxygen atoms in total. The summed E-state index contributed by atoms with van der Waals surface area (Å²) in [4.78, 5) is 0. The molecule has 1 atom stereocenters. The highest BCUT2D eigenvalue weighted by molar-refractivity contribution is 5.73. The van der Waals surface area contributed by atoms with Gasteiger partial charge in [0.25, 0.3) is 0 Å². The largest absolute Gasteiger partial charge is 0.296 e. The van der Waals surface area contributed by atoms with Crippen molar-refractivity contribution in [3.63, 3.8) is 0 Å². The molecule has 0 radical (unpaired) electrons. The lowest BCUT2D eigenvalue weighted by molar-refractivity contribution is 0.395. The van der Waals surface area contributed by atoms with E-state index in [9.17, 15) is 0 Å². The van der Waals surface area contributed by atoms with Gasteiger partial charge in [0, 0.05) is 0 Å². The van der Waals surface area contributed by atoms with Crippen molar-refractivity contribution >= 4 is 11.0 Å². The molecule has 1 aromatic heterocycles. The zero-order valence-corrected chi connectivity index (χ0v) is 14.8. The van der Waals surface area contributed by atoms with E-state index in [2.05, 4.69) is 35.5 Å². The molecule has 23 heavy (non-hydrogen) atoms. The Labute approximate surface area is 140 Å². The molecule has 4 heteroatoms. The number of aromatic nitrogens is 3. The number of nitrogens with zero attached hydrogens (tertiary/aromatic N) is 3. The summed E-state index contributed by atoms with van der Waals surface area (Å²) in [5.41, 5.74) is 2.06. The summed E-state index contributed by atoms with van der Waals surface area (Å²) >= 11 is 0. The molecular weight excluding hydrogens is 284 g/mol. The number of rotatable bonds is 12. The van der Waals surface area contributed by atoms with Crippen LogP contribution in [0.4, 0.5) is 0 Å². The molecule has 2 aromatic rings. The second-order valence-electron chi connectivity index (χ2n) is 6.48. The molecular formula is C19H32N4. The first-order valence-electron chi connectivity index (χ1n) is 9.36. The number of hydrogen-bond acceptors (Lipinski definition) is 3. The maximum atomic E-state index is 4.26. The minimum absolute atomic E-state index is 0.191. The van der Waals surface area contributed by atoms with Crippen LogP contribution in [-0.2, 0) is 0 Å². The van der Waals surface area contributed by atoms with Crippen molar-refractivity contribution in [3.05, 3.63) is 24.3 Å². The van der Waals surface area contributed by atoms with Crippen molar-refractivity contribution in [1.82, 2.24) is 20.3 Å². The number of hydrogen-bond donors (Lipinski definition) is 1. The highest BCUT2D eigenvalue weighted by Crippen LogP contribution is 2.14. The van der Waals surface area contributed by atoms with Gasteiger partial charge in [0.15, 0.2) is 0 Å². The zero-order chi connectivity index (χ0) is 16.3. The van der Waals surface area contributed by atoms with Crippen LogP contribution >= 0.6 is 0 Å². The Kier molecular flexibility index (Phi) is 8.08. The molecule has 0 saturated carbocycles. The van der Waals surface area contributed by atoms with Gasteiger partial charge in [-0.05, 0) is 32.0 Å². The predicted molar refractivity (Wildman–Crippen MR) is 97.5 cm³/mol. The molecule has 0 aliphatic carbocycles. The van der Waals surface area contributed by atoms with Gasteiger partial charge in [0.2, 0.25) is 0 Å². The third-order valence-corrected chi connectivity index (χ3v) is 4.46. The van der Waals surface area contributed by atoms with Crippen LogP contribution in [0.25, 0.3) is 11.0 Å². The van der Waals surface area contributed by atoms with E-state index in [-0.39, 0.29) is 6.17 Å². The first kappa shape index (κ1) is 17.9. The van der Waals surface area contributed by atoms with Crippen LogP contribution in [0.2, 0.25) is 0 Å². The van der Waals surface area contributed by atoms with Gasteiger partial charge in [-0.1, -0.05) is 75.6 Å². The molecule has 1 aromatic carbocycles. The van der Waals surface area contributed by atoms with Gasteiger partial charge >= 0.3 is 0 Å². The Bertz CT molecular complexity index is 549. The highest BCUT2D eigenvalue weighted by atomic mass is 15.5. The zero-order valence-electron chi connectivity index (χ0n) is 14.8. The summed E-state index contributed by atoms with van der Waals surface area (Å²) in [6.07, 6.45) is 12.5. The lowest BCUT2D eigenvalue weighted by Crippen LogP contribution is -2.25. The maximum Gasteiger partial charge on any atom is 0.113 e. The number of para-hydroxylation sites is 1. The van der Waals surface area contributed by atoms with Crippen LogP contribution in [0.3, 0.4) is 0 Å². The van der Waals surface area contributed by atoms with E-state index in [0.29, 0.717) is 0 Å². The number of benzene rings is 1. The predicted octanol–water partition coefficient (Wildman–Crippen LogP) is 5.07. The second kappa shape index (κ2) is 10.4. The Balaban J connectivity index is 1.56. The number of fused-ring (bicyclic) bond motifs is 1. The minimum atomic E-state index is 0.191. The number of unbranched alkanes of at least 4 members (excludes halogenated alkanes) is 8.